The molecule has 6 atom stereocenters. The largest absolute Gasteiger partial charge is 0.508 e. The van der Waals surface area contributed by atoms with Crippen molar-refractivity contribution in [3.8, 4) is 5.75 Å². The predicted octanol–water partition coefficient (Wildman–Crippen LogP) is 3.87. The number of benzene rings is 1. The Morgan fingerprint density at radius 2 is 1.80 bits per heavy atom. The van der Waals surface area contributed by atoms with Crippen LogP contribution < -0.4 is 5.32 Å². The number of fused-ring (bicyclic) bond motifs is 5. The lowest BCUT2D eigenvalue weighted by molar-refractivity contribution is 0.200. The number of phenolic OH excluding ortho intramolecular Hbond substituents is 1. The van der Waals surface area contributed by atoms with Crippen LogP contribution in [0.25, 0.3) is 0 Å². The Labute approximate surface area is 121 Å². The van der Waals surface area contributed by atoms with Crippen molar-refractivity contribution in [1.29, 1.82) is 0 Å². The maximum absolute atomic E-state index is 9.39. The Balaban J connectivity index is 1.44. The van der Waals surface area contributed by atoms with E-state index in [0.29, 0.717) is 11.8 Å². The first kappa shape index (κ1) is 12.7. The molecular weight excluding hydrogens is 246 g/mol. The average Bonchev–Trinajstić information content (AvgIpc) is 3.11. The highest BCUT2D eigenvalue weighted by Gasteiger charge is 2.53. The third kappa shape index (κ3) is 1.96. The van der Waals surface area contributed by atoms with E-state index in [1.54, 1.807) is 12.1 Å². The van der Waals surface area contributed by atoms with Gasteiger partial charge in [-0.15, -0.1) is 0 Å². The quantitative estimate of drug-likeness (QED) is 0.874. The third-order valence-corrected chi connectivity index (χ3v) is 6.29. The summed E-state index contributed by atoms with van der Waals surface area (Å²) in [7, 11) is 0. The zero-order chi connectivity index (χ0) is 13.7. The van der Waals surface area contributed by atoms with Crippen molar-refractivity contribution < 1.29 is 5.11 Å². The Morgan fingerprint density at radius 3 is 2.60 bits per heavy atom. The molecule has 2 nitrogen and oxygen atoms in total. The summed E-state index contributed by atoms with van der Waals surface area (Å²) in [4.78, 5) is 0. The van der Waals surface area contributed by atoms with Gasteiger partial charge in [-0.2, -0.15) is 0 Å². The van der Waals surface area contributed by atoms with Crippen molar-refractivity contribution in [2.75, 3.05) is 0 Å². The minimum Gasteiger partial charge on any atom is -0.508 e. The van der Waals surface area contributed by atoms with E-state index >= 15 is 0 Å². The first-order valence-electron chi connectivity index (χ1n) is 8.27. The molecule has 2 bridgehead atoms. The van der Waals surface area contributed by atoms with Gasteiger partial charge in [-0.3, -0.25) is 0 Å². The summed E-state index contributed by atoms with van der Waals surface area (Å²) in [5.74, 6) is 4.40. The van der Waals surface area contributed by atoms with Crippen molar-refractivity contribution in [2.24, 2.45) is 23.7 Å². The molecule has 3 aliphatic rings. The maximum atomic E-state index is 9.39. The highest BCUT2D eigenvalue weighted by molar-refractivity contribution is 5.28. The summed E-state index contributed by atoms with van der Waals surface area (Å²) in [5.41, 5.74) is 1.29. The fourth-order valence-electron chi connectivity index (χ4n) is 5.44. The average molecular weight is 271 g/mol. The van der Waals surface area contributed by atoms with E-state index < -0.39 is 0 Å². The molecule has 2 N–H and O–H groups in total. The number of aromatic hydroxyl groups is 1. The molecule has 3 saturated carbocycles. The zero-order valence-corrected chi connectivity index (χ0v) is 12.3. The minimum atomic E-state index is 0.356. The second kappa shape index (κ2) is 4.77. The fraction of sp³-hybridized carbons (Fsp3) is 0.667. The lowest BCUT2D eigenvalue weighted by Crippen LogP contribution is -2.40. The Morgan fingerprint density at radius 1 is 1.05 bits per heavy atom. The first-order valence-corrected chi connectivity index (χ1v) is 8.27. The van der Waals surface area contributed by atoms with Crippen LogP contribution in [0.2, 0.25) is 0 Å². The molecule has 1 aromatic rings. The topological polar surface area (TPSA) is 32.3 Å². The second-order valence-corrected chi connectivity index (χ2v) is 7.24. The standard InChI is InChI=1S/C18H25NO/c1-11(12-5-7-14(20)8-6-12)19-18-10-13-9-17(18)16-4-2-3-15(13)16/h5-8,11,13,15-20H,2-4,9-10H2,1H3. The number of phenols is 1. The molecule has 0 spiro atoms. The number of nitrogens with one attached hydrogen (secondary N) is 1. The predicted molar refractivity (Wildman–Crippen MR) is 80.5 cm³/mol. The summed E-state index contributed by atoms with van der Waals surface area (Å²) in [5, 5.41) is 13.3. The monoisotopic (exact) mass is 271 g/mol. The molecule has 0 amide bonds. The zero-order valence-electron chi connectivity index (χ0n) is 12.3. The third-order valence-electron chi connectivity index (χ3n) is 6.29. The van der Waals surface area contributed by atoms with Gasteiger partial charge >= 0.3 is 0 Å². The molecule has 3 aliphatic carbocycles. The van der Waals surface area contributed by atoms with E-state index in [9.17, 15) is 5.11 Å². The molecule has 0 saturated heterocycles. The summed E-state index contributed by atoms with van der Waals surface area (Å²) in [6.45, 7) is 2.25. The molecule has 1 aromatic carbocycles. The van der Waals surface area contributed by atoms with E-state index in [2.05, 4.69) is 12.2 Å². The number of hydrogen-bond acceptors (Lipinski definition) is 2. The van der Waals surface area contributed by atoms with Crippen LogP contribution in [0.15, 0.2) is 24.3 Å². The van der Waals surface area contributed by atoms with Crippen LogP contribution in [0.5, 0.6) is 5.75 Å². The van der Waals surface area contributed by atoms with Gasteiger partial charge in [0.05, 0.1) is 0 Å². The number of rotatable bonds is 3. The summed E-state index contributed by atoms with van der Waals surface area (Å²) in [6, 6.07) is 8.78. The Hall–Kier alpha value is -1.02. The lowest BCUT2D eigenvalue weighted by atomic mass is 9.79. The Bertz CT molecular complexity index is 483. The Kier molecular flexibility index (Phi) is 3.03. The van der Waals surface area contributed by atoms with Gasteiger partial charge in [-0.25, -0.2) is 0 Å². The van der Waals surface area contributed by atoms with Crippen LogP contribution in [0.1, 0.15) is 50.6 Å². The van der Waals surface area contributed by atoms with Gasteiger partial charge in [0.2, 0.25) is 0 Å². The summed E-state index contributed by atoms with van der Waals surface area (Å²) in [6.07, 6.45) is 7.34. The molecule has 0 heterocycles. The minimum absolute atomic E-state index is 0.356. The van der Waals surface area contributed by atoms with Crippen LogP contribution in [-0.4, -0.2) is 11.1 Å². The normalized spacial score (nSPS) is 40.0. The molecule has 4 rings (SSSR count). The fourth-order valence-corrected chi connectivity index (χ4v) is 5.44. The molecule has 20 heavy (non-hydrogen) atoms. The van der Waals surface area contributed by atoms with Crippen molar-refractivity contribution in [1.82, 2.24) is 5.32 Å². The first-order chi connectivity index (χ1) is 9.72. The molecular formula is C18H25NO. The van der Waals surface area contributed by atoms with E-state index in [1.165, 1.54) is 37.7 Å². The highest BCUT2D eigenvalue weighted by atomic mass is 16.3. The molecule has 2 heteroatoms. The van der Waals surface area contributed by atoms with E-state index in [0.717, 1.165) is 29.7 Å². The van der Waals surface area contributed by atoms with Crippen LogP contribution in [0, 0.1) is 23.7 Å². The number of hydrogen-bond donors (Lipinski definition) is 2. The molecule has 3 fully saturated rings. The lowest BCUT2D eigenvalue weighted by Gasteiger charge is -2.34. The van der Waals surface area contributed by atoms with Gasteiger partial charge in [-0.05, 0) is 74.0 Å². The molecule has 0 aliphatic heterocycles. The van der Waals surface area contributed by atoms with Crippen LogP contribution in [-0.2, 0) is 0 Å². The SMILES string of the molecule is CC(NC1CC2CC1C1CCCC21)c1ccc(O)cc1. The smallest absolute Gasteiger partial charge is 0.115 e. The maximum Gasteiger partial charge on any atom is 0.115 e. The van der Waals surface area contributed by atoms with E-state index in [-0.39, 0.29) is 0 Å². The molecule has 108 valence electrons. The molecule has 0 aromatic heterocycles. The van der Waals surface area contributed by atoms with Gasteiger partial charge in [0, 0.05) is 12.1 Å². The van der Waals surface area contributed by atoms with Crippen molar-refractivity contribution in [2.45, 2.75) is 51.1 Å². The van der Waals surface area contributed by atoms with E-state index in [4.69, 9.17) is 0 Å². The van der Waals surface area contributed by atoms with Crippen LogP contribution in [0.4, 0.5) is 0 Å². The van der Waals surface area contributed by atoms with Crippen molar-refractivity contribution >= 4 is 0 Å². The molecule has 0 radical (unpaired) electrons. The van der Waals surface area contributed by atoms with Crippen molar-refractivity contribution in [3.05, 3.63) is 29.8 Å². The van der Waals surface area contributed by atoms with Gasteiger partial charge in [0.25, 0.3) is 0 Å². The van der Waals surface area contributed by atoms with Crippen LogP contribution >= 0.6 is 0 Å². The molecule has 6 unspecified atom stereocenters. The van der Waals surface area contributed by atoms with Gasteiger partial charge < -0.3 is 10.4 Å². The van der Waals surface area contributed by atoms with Gasteiger partial charge in [0.15, 0.2) is 0 Å². The van der Waals surface area contributed by atoms with E-state index in [1.807, 2.05) is 12.1 Å². The van der Waals surface area contributed by atoms with Crippen molar-refractivity contribution in [3.63, 3.8) is 0 Å². The summed E-state index contributed by atoms with van der Waals surface area (Å²) < 4.78 is 0. The van der Waals surface area contributed by atoms with Gasteiger partial charge in [0.1, 0.15) is 5.75 Å². The summed E-state index contributed by atoms with van der Waals surface area (Å²) >= 11 is 0. The van der Waals surface area contributed by atoms with Gasteiger partial charge in [-0.1, -0.05) is 18.6 Å². The second-order valence-electron chi connectivity index (χ2n) is 7.24. The highest BCUT2D eigenvalue weighted by Crippen LogP contribution is 2.58. The van der Waals surface area contributed by atoms with Crippen LogP contribution in [0.3, 0.4) is 0 Å².